The fourth-order valence-electron chi connectivity index (χ4n) is 8.37. The Labute approximate surface area is 319 Å². The summed E-state index contributed by atoms with van der Waals surface area (Å²) in [5.74, 6) is 0. The van der Waals surface area contributed by atoms with Crippen molar-refractivity contribution in [2.45, 2.75) is 0 Å². The summed E-state index contributed by atoms with van der Waals surface area (Å²) in [6.45, 7) is 0. The number of benzene rings is 8. The second-order valence-corrected chi connectivity index (χ2v) is 15.0. The summed E-state index contributed by atoms with van der Waals surface area (Å²) in [5, 5.41) is 26.7. The Morgan fingerprint density at radius 1 is 0.455 bits per heavy atom. The minimum absolute atomic E-state index is 0.484. The Hall–Kier alpha value is -7.44. The molecule has 0 saturated heterocycles. The minimum atomic E-state index is 0.484. The minimum Gasteiger partial charge on any atom is -0.455 e. The van der Waals surface area contributed by atoms with Crippen molar-refractivity contribution >= 4 is 75.3 Å². The third-order valence-electron chi connectivity index (χ3n) is 10.9. The maximum absolute atomic E-state index is 9.88. The van der Waals surface area contributed by atoms with E-state index in [0.29, 0.717) is 16.7 Å². The Bertz CT molecular complexity index is 3430. The highest BCUT2D eigenvalue weighted by Crippen LogP contribution is 2.43. The van der Waals surface area contributed by atoms with E-state index in [9.17, 15) is 10.5 Å². The first-order valence-electron chi connectivity index (χ1n) is 18.1. The lowest BCUT2D eigenvalue weighted by Gasteiger charge is -2.15. The van der Waals surface area contributed by atoms with Crippen LogP contribution in [0.25, 0.3) is 103 Å². The molecule has 0 atom stereocenters. The van der Waals surface area contributed by atoms with Crippen LogP contribution < -0.4 is 0 Å². The summed E-state index contributed by atoms with van der Waals surface area (Å²) >= 11 is 1.82. The van der Waals surface area contributed by atoms with Crippen molar-refractivity contribution in [3.63, 3.8) is 0 Å². The van der Waals surface area contributed by atoms with Crippen LogP contribution >= 0.6 is 11.3 Å². The standard InChI is InChI=1S/C50H27N3OS/c51-28-33-8-7-9-34(29-52)48(33)31-18-16-30(17-19-31)35-24-36(32-20-21-40-39-11-3-6-15-46(39)55-47(40)27-32)26-37(25-35)53-43-13-4-1-12-42(43)49-44(53)23-22-41-38-10-2-5-14-45(38)54-50(41)49/h1-27H. The van der Waals surface area contributed by atoms with Crippen molar-refractivity contribution in [3.05, 3.63) is 175 Å². The second-order valence-electron chi connectivity index (χ2n) is 13.9. The number of aromatic nitrogens is 1. The molecule has 0 aliphatic carbocycles. The molecule has 3 aromatic heterocycles. The zero-order valence-electron chi connectivity index (χ0n) is 29.2. The molecule has 5 heteroatoms. The highest BCUT2D eigenvalue weighted by Gasteiger charge is 2.20. The zero-order chi connectivity index (χ0) is 36.6. The van der Waals surface area contributed by atoms with Crippen molar-refractivity contribution in [2.75, 3.05) is 0 Å². The first-order chi connectivity index (χ1) is 27.2. The third-order valence-corrected chi connectivity index (χ3v) is 12.0. The van der Waals surface area contributed by atoms with E-state index in [-0.39, 0.29) is 0 Å². The molecule has 11 aromatic rings. The summed E-state index contributed by atoms with van der Waals surface area (Å²) in [6.07, 6.45) is 0. The average Bonchev–Trinajstić information content (AvgIpc) is 3.92. The fourth-order valence-corrected chi connectivity index (χ4v) is 9.52. The van der Waals surface area contributed by atoms with Crippen LogP contribution in [0.3, 0.4) is 0 Å². The zero-order valence-corrected chi connectivity index (χ0v) is 30.1. The normalized spacial score (nSPS) is 11.6. The molecule has 4 nitrogen and oxygen atoms in total. The number of nitrogens with zero attached hydrogens (tertiary/aromatic N) is 3. The van der Waals surface area contributed by atoms with Gasteiger partial charge in [0.05, 0.1) is 39.7 Å². The molecule has 55 heavy (non-hydrogen) atoms. The van der Waals surface area contributed by atoms with Gasteiger partial charge in [0, 0.05) is 47.6 Å². The van der Waals surface area contributed by atoms with Crippen molar-refractivity contribution in [1.82, 2.24) is 4.57 Å². The Morgan fingerprint density at radius 2 is 1.09 bits per heavy atom. The number of thiophene rings is 1. The van der Waals surface area contributed by atoms with Crippen LogP contribution in [0.15, 0.2) is 168 Å². The van der Waals surface area contributed by atoms with Gasteiger partial charge in [-0.2, -0.15) is 10.5 Å². The Kier molecular flexibility index (Phi) is 6.82. The van der Waals surface area contributed by atoms with Gasteiger partial charge in [-0.3, -0.25) is 0 Å². The van der Waals surface area contributed by atoms with E-state index in [0.717, 1.165) is 77.2 Å². The van der Waals surface area contributed by atoms with Gasteiger partial charge in [-0.05, 0) is 94.5 Å². The van der Waals surface area contributed by atoms with Crippen LogP contribution in [-0.2, 0) is 0 Å². The van der Waals surface area contributed by atoms with Gasteiger partial charge in [0.1, 0.15) is 11.2 Å². The first kappa shape index (κ1) is 31.1. The van der Waals surface area contributed by atoms with Crippen LogP contribution in [0.5, 0.6) is 0 Å². The number of rotatable bonds is 4. The molecular formula is C50H27N3OS. The Morgan fingerprint density at radius 3 is 1.89 bits per heavy atom. The number of fused-ring (bicyclic) bond motifs is 10. The van der Waals surface area contributed by atoms with Crippen LogP contribution in [0.4, 0.5) is 0 Å². The number of para-hydroxylation sites is 2. The number of hydrogen-bond donors (Lipinski definition) is 0. The van der Waals surface area contributed by atoms with Crippen molar-refractivity contribution < 1.29 is 4.42 Å². The summed E-state index contributed by atoms with van der Waals surface area (Å²) in [5.41, 5.74) is 11.8. The average molecular weight is 718 g/mol. The van der Waals surface area contributed by atoms with E-state index < -0.39 is 0 Å². The molecule has 0 fully saturated rings. The molecule has 254 valence electrons. The number of nitriles is 2. The summed E-state index contributed by atoms with van der Waals surface area (Å²) < 4.78 is 11.5. The molecule has 0 saturated carbocycles. The maximum atomic E-state index is 9.88. The molecule has 0 aliphatic heterocycles. The van der Waals surface area contributed by atoms with Crippen LogP contribution in [0, 0.1) is 22.7 Å². The molecule has 0 bridgehead atoms. The smallest absolute Gasteiger partial charge is 0.145 e. The molecule has 3 heterocycles. The molecule has 11 rings (SSSR count). The van der Waals surface area contributed by atoms with Crippen molar-refractivity contribution in [1.29, 1.82) is 10.5 Å². The van der Waals surface area contributed by atoms with Gasteiger partial charge < -0.3 is 8.98 Å². The molecule has 0 amide bonds. The van der Waals surface area contributed by atoms with E-state index in [4.69, 9.17) is 4.42 Å². The molecule has 0 radical (unpaired) electrons. The highest BCUT2D eigenvalue weighted by atomic mass is 32.1. The lowest BCUT2D eigenvalue weighted by Crippen LogP contribution is -1.96. The van der Waals surface area contributed by atoms with E-state index >= 15 is 0 Å². The van der Waals surface area contributed by atoms with Gasteiger partial charge in [0.15, 0.2) is 0 Å². The molecule has 8 aromatic carbocycles. The van der Waals surface area contributed by atoms with Gasteiger partial charge in [0.25, 0.3) is 0 Å². The monoisotopic (exact) mass is 717 g/mol. The molecule has 0 unspecified atom stereocenters. The first-order valence-corrected chi connectivity index (χ1v) is 18.9. The lowest BCUT2D eigenvalue weighted by molar-refractivity contribution is 0.673. The largest absolute Gasteiger partial charge is 0.455 e. The van der Waals surface area contributed by atoms with Crippen molar-refractivity contribution in [3.8, 4) is 51.2 Å². The highest BCUT2D eigenvalue weighted by molar-refractivity contribution is 7.25. The number of furan rings is 1. The predicted molar refractivity (Wildman–Crippen MR) is 227 cm³/mol. The molecule has 0 spiro atoms. The van der Waals surface area contributed by atoms with Crippen molar-refractivity contribution in [2.24, 2.45) is 0 Å². The molecule has 0 aliphatic rings. The second kappa shape index (κ2) is 12.0. The van der Waals surface area contributed by atoms with E-state index in [2.05, 4.69) is 138 Å². The van der Waals surface area contributed by atoms with Gasteiger partial charge in [-0.25, -0.2) is 0 Å². The maximum Gasteiger partial charge on any atom is 0.145 e. The van der Waals surface area contributed by atoms with E-state index in [1.807, 2.05) is 35.6 Å². The fraction of sp³-hybridized carbons (Fsp3) is 0. The van der Waals surface area contributed by atoms with E-state index in [1.54, 1.807) is 18.2 Å². The van der Waals surface area contributed by atoms with E-state index in [1.165, 1.54) is 20.2 Å². The lowest BCUT2D eigenvalue weighted by atomic mass is 9.93. The quantitative estimate of drug-likeness (QED) is 0.182. The van der Waals surface area contributed by atoms with Crippen LogP contribution in [0.2, 0.25) is 0 Å². The molecule has 0 N–H and O–H groups in total. The summed E-state index contributed by atoms with van der Waals surface area (Å²) in [4.78, 5) is 0. The van der Waals surface area contributed by atoms with Gasteiger partial charge in [0.2, 0.25) is 0 Å². The Balaban J connectivity index is 1.16. The third kappa shape index (κ3) is 4.75. The summed E-state index contributed by atoms with van der Waals surface area (Å²) in [6, 6.07) is 61.5. The topological polar surface area (TPSA) is 65.7 Å². The van der Waals surface area contributed by atoms with Gasteiger partial charge in [-0.1, -0.05) is 97.1 Å². The van der Waals surface area contributed by atoms with Crippen LogP contribution in [-0.4, -0.2) is 4.57 Å². The van der Waals surface area contributed by atoms with Crippen LogP contribution in [0.1, 0.15) is 11.1 Å². The SMILES string of the molecule is N#Cc1cccc(C#N)c1-c1ccc(-c2cc(-c3ccc4c(c3)sc3ccccc34)cc(-n3c4ccccc4c4c5oc6ccccc6c5ccc43)c2)cc1. The van der Waals surface area contributed by atoms with Gasteiger partial charge >= 0.3 is 0 Å². The molecular weight excluding hydrogens is 691 g/mol. The van der Waals surface area contributed by atoms with Gasteiger partial charge in [-0.15, -0.1) is 11.3 Å². The number of hydrogen-bond acceptors (Lipinski definition) is 4. The predicted octanol–water partition coefficient (Wildman–Crippen LogP) is 13.8. The summed E-state index contributed by atoms with van der Waals surface area (Å²) in [7, 11) is 0.